The molecule has 2 N–H and O–H groups in total. The van der Waals surface area contributed by atoms with Crippen LogP contribution >= 0.6 is 11.8 Å². The topological polar surface area (TPSA) is 58.2 Å². The van der Waals surface area contributed by atoms with Gasteiger partial charge >= 0.3 is 0 Å². The molecule has 5 heteroatoms. The first kappa shape index (κ1) is 15.4. The zero-order valence-electron chi connectivity index (χ0n) is 12.9. The number of benzene rings is 1. The van der Waals surface area contributed by atoms with Crippen LogP contribution in [0.2, 0.25) is 0 Å². The molecule has 118 valence electrons. The summed E-state index contributed by atoms with van der Waals surface area (Å²) >= 11 is 1.54. The van der Waals surface area contributed by atoms with Crippen LogP contribution in [0.4, 0.5) is 5.69 Å². The van der Waals surface area contributed by atoms with Gasteiger partial charge in [-0.05, 0) is 38.0 Å². The van der Waals surface area contributed by atoms with Crippen LogP contribution in [0.3, 0.4) is 0 Å². The molecule has 0 aromatic heterocycles. The molecule has 2 aliphatic rings. The summed E-state index contributed by atoms with van der Waals surface area (Å²) in [6, 6.07) is 5.85. The third-order valence-electron chi connectivity index (χ3n) is 4.36. The average Bonchev–Trinajstić information content (AvgIpc) is 2.76. The van der Waals surface area contributed by atoms with Crippen molar-refractivity contribution in [3.8, 4) is 0 Å². The number of nitrogens with one attached hydrogen (secondary N) is 2. The summed E-state index contributed by atoms with van der Waals surface area (Å²) in [4.78, 5) is 25.2. The van der Waals surface area contributed by atoms with Gasteiger partial charge in [0.05, 0.1) is 10.9 Å². The molecular formula is C17H22N2O2S. The van der Waals surface area contributed by atoms with Gasteiger partial charge in [0.25, 0.3) is 5.91 Å². The van der Waals surface area contributed by atoms with Crippen molar-refractivity contribution >= 4 is 29.3 Å². The fourth-order valence-electron chi connectivity index (χ4n) is 3.04. The van der Waals surface area contributed by atoms with Crippen LogP contribution in [0.15, 0.2) is 23.1 Å². The van der Waals surface area contributed by atoms with Gasteiger partial charge in [0, 0.05) is 16.5 Å². The van der Waals surface area contributed by atoms with Crippen molar-refractivity contribution in [1.82, 2.24) is 5.32 Å². The van der Waals surface area contributed by atoms with Gasteiger partial charge in [-0.2, -0.15) is 0 Å². The van der Waals surface area contributed by atoms with Gasteiger partial charge in [0.15, 0.2) is 0 Å². The minimum Gasteiger partial charge on any atom is -0.349 e. The molecule has 1 heterocycles. The van der Waals surface area contributed by atoms with Crippen molar-refractivity contribution in [2.24, 2.45) is 0 Å². The molecule has 1 aromatic rings. The largest absolute Gasteiger partial charge is 0.349 e. The van der Waals surface area contributed by atoms with E-state index in [1.54, 1.807) is 6.07 Å². The van der Waals surface area contributed by atoms with Crippen molar-refractivity contribution in [2.45, 2.75) is 61.6 Å². The number of carbonyl (C=O) groups is 2. The van der Waals surface area contributed by atoms with E-state index in [4.69, 9.17) is 0 Å². The second kappa shape index (κ2) is 6.73. The van der Waals surface area contributed by atoms with Crippen molar-refractivity contribution < 1.29 is 9.59 Å². The summed E-state index contributed by atoms with van der Waals surface area (Å²) in [6.45, 7) is 1.88. The molecule has 1 atom stereocenters. The Morgan fingerprint density at radius 1 is 1.23 bits per heavy atom. The molecule has 1 saturated carbocycles. The molecular weight excluding hydrogens is 296 g/mol. The molecule has 22 heavy (non-hydrogen) atoms. The number of hydrogen-bond acceptors (Lipinski definition) is 3. The van der Waals surface area contributed by atoms with Gasteiger partial charge in [0.2, 0.25) is 5.91 Å². The second-order valence-corrected chi connectivity index (χ2v) is 7.50. The third kappa shape index (κ3) is 3.46. The van der Waals surface area contributed by atoms with Crippen LogP contribution in [0.25, 0.3) is 0 Å². The quantitative estimate of drug-likeness (QED) is 0.820. The Labute approximate surface area is 135 Å². The Kier molecular flexibility index (Phi) is 4.71. The van der Waals surface area contributed by atoms with Crippen LogP contribution in [0.1, 0.15) is 55.8 Å². The summed E-state index contributed by atoms with van der Waals surface area (Å²) in [7, 11) is 0. The first-order valence-electron chi connectivity index (χ1n) is 8.06. The van der Waals surface area contributed by atoms with Crippen LogP contribution in [0.5, 0.6) is 0 Å². The standard InChI is InChI=1S/C17H22N2O2S/c1-11-16(20)19-14-10-12(8-9-15(14)22-11)17(21)18-13-6-4-2-3-5-7-13/h8-11,13H,2-7H2,1H3,(H,18,21)(H,19,20). The van der Waals surface area contributed by atoms with Gasteiger partial charge in [-0.3, -0.25) is 9.59 Å². The molecule has 1 aliphatic carbocycles. The number of anilines is 1. The fourth-order valence-corrected chi connectivity index (χ4v) is 3.97. The third-order valence-corrected chi connectivity index (χ3v) is 5.54. The predicted molar refractivity (Wildman–Crippen MR) is 89.3 cm³/mol. The summed E-state index contributed by atoms with van der Waals surface area (Å²) in [5.74, 6) is -0.0357. The Hall–Kier alpha value is -1.49. The van der Waals surface area contributed by atoms with Gasteiger partial charge in [-0.15, -0.1) is 11.8 Å². The highest BCUT2D eigenvalue weighted by Crippen LogP contribution is 2.35. The molecule has 3 rings (SSSR count). The predicted octanol–water partition coefficient (Wildman–Crippen LogP) is 3.57. The summed E-state index contributed by atoms with van der Waals surface area (Å²) in [5, 5.41) is 5.94. The van der Waals surface area contributed by atoms with E-state index in [1.807, 2.05) is 19.1 Å². The normalized spacial score (nSPS) is 22.4. The number of hydrogen-bond donors (Lipinski definition) is 2. The van der Waals surface area contributed by atoms with E-state index in [0.29, 0.717) is 5.56 Å². The maximum Gasteiger partial charge on any atom is 0.251 e. The highest BCUT2D eigenvalue weighted by atomic mass is 32.2. The highest BCUT2D eigenvalue weighted by Gasteiger charge is 2.24. The van der Waals surface area contributed by atoms with Crippen molar-refractivity contribution in [1.29, 1.82) is 0 Å². The molecule has 4 nitrogen and oxygen atoms in total. The van der Waals surface area contributed by atoms with E-state index >= 15 is 0 Å². The highest BCUT2D eigenvalue weighted by molar-refractivity contribution is 8.00. The van der Waals surface area contributed by atoms with Crippen LogP contribution in [-0.2, 0) is 4.79 Å². The molecule has 1 aromatic carbocycles. The smallest absolute Gasteiger partial charge is 0.251 e. The first-order valence-corrected chi connectivity index (χ1v) is 8.94. The summed E-state index contributed by atoms with van der Waals surface area (Å²) < 4.78 is 0. The minimum absolute atomic E-state index is 0.00109. The minimum atomic E-state index is -0.0850. The molecule has 1 aliphatic heterocycles. The molecule has 0 radical (unpaired) electrons. The van der Waals surface area contributed by atoms with Gasteiger partial charge < -0.3 is 10.6 Å². The van der Waals surface area contributed by atoms with E-state index in [1.165, 1.54) is 37.4 Å². The molecule has 2 amide bonds. The maximum absolute atomic E-state index is 12.4. The summed E-state index contributed by atoms with van der Waals surface area (Å²) in [6.07, 6.45) is 7.07. The van der Waals surface area contributed by atoms with Crippen molar-refractivity contribution in [2.75, 3.05) is 5.32 Å². The van der Waals surface area contributed by atoms with Gasteiger partial charge in [-0.25, -0.2) is 0 Å². The van der Waals surface area contributed by atoms with E-state index in [-0.39, 0.29) is 23.1 Å². The number of fused-ring (bicyclic) bond motifs is 1. The Morgan fingerprint density at radius 3 is 2.68 bits per heavy atom. The number of amides is 2. The lowest BCUT2D eigenvalue weighted by Gasteiger charge is -2.22. The van der Waals surface area contributed by atoms with Crippen molar-refractivity contribution in [3.63, 3.8) is 0 Å². The van der Waals surface area contributed by atoms with E-state index in [0.717, 1.165) is 23.4 Å². The molecule has 0 bridgehead atoms. The molecule has 0 saturated heterocycles. The monoisotopic (exact) mass is 318 g/mol. The van der Waals surface area contributed by atoms with Crippen LogP contribution < -0.4 is 10.6 Å². The SMILES string of the molecule is CC1Sc2ccc(C(=O)NC3CCCCCC3)cc2NC1=O. The van der Waals surface area contributed by atoms with Crippen molar-refractivity contribution in [3.05, 3.63) is 23.8 Å². The lowest BCUT2D eigenvalue weighted by Crippen LogP contribution is -2.34. The molecule has 1 fully saturated rings. The Balaban J connectivity index is 1.70. The number of thioether (sulfide) groups is 1. The lowest BCUT2D eigenvalue weighted by molar-refractivity contribution is -0.115. The summed E-state index contributed by atoms with van der Waals surface area (Å²) in [5.41, 5.74) is 1.38. The number of rotatable bonds is 2. The number of carbonyl (C=O) groups excluding carboxylic acids is 2. The molecule has 0 spiro atoms. The Morgan fingerprint density at radius 2 is 1.95 bits per heavy atom. The van der Waals surface area contributed by atoms with E-state index in [9.17, 15) is 9.59 Å². The van der Waals surface area contributed by atoms with Crippen LogP contribution in [-0.4, -0.2) is 23.1 Å². The molecule has 1 unspecified atom stereocenters. The van der Waals surface area contributed by atoms with E-state index < -0.39 is 0 Å². The fraction of sp³-hybridized carbons (Fsp3) is 0.529. The second-order valence-electron chi connectivity index (χ2n) is 6.12. The van der Waals surface area contributed by atoms with Gasteiger partial charge in [-0.1, -0.05) is 25.7 Å². The lowest BCUT2D eigenvalue weighted by atomic mass is 10.1. The first-order chi connectivity index (χ1) is 10.6. The Bertz CT molecular complexity index is 580. The zero-order chi connectivity index (χ0) is 15.5. The van der Waals surface area contributed by atoms with Crippen LogP contribution in [0, 0.1) is 0 Å². The van der Waals surface area contributed by atoms with E-state index in [2.05, 4.69) is 10.6 Å². The maximum atomic E-state index is 12.4. The zero-order valence-corrected chi connectivity index (χ0v) is 13.7. The average molecular weight is 318 g/mol. The van der Waals surface area contributed by atoms with Gasteiger partial charge in [0.1, 0.15) is 0 Å².